The minimum absolute atomic E-state index is 0.170. The molecule has 0 heterocycles. The van der Waals surface area contributed by atoms with Crippen molar-refractivity contribution in [2.75, 3.05) is 0 Å². The van der Waals surface area contributed by atoms with Crippen LogP contribution >= 0.6 is 0 Å². The Bertz CT molecular complexity index is 263. The van der Waals surface area contributed by atoms with Crippen molar-refractivity contribution in [2.24, 2.45) is 0 Å². The summed E-state index contributed by atoms with van der Waals surface area (Å²) in [7, 11) is -1.20. The summed E-state index contributed by atoms with van der Waals surface area (Å²) in [6.07, 6.45) is 0. The van der Waals surface area contributed by atoms with Gasteiger partial charge in [-0.05, 0) is 17.7 Å². The van der Waals surface area contributed by atoms with E-state index >= 15 is 0 Å². The third-order valence-electron chi connectivity index (χ3n) is 1.74. The summed E-state index contributed by atoms with van der Waals surface area (Å²) >= 11 is 0. The molecule has 0 fully saturated rings. The van der Waals surface area contributed by atoms with Crippen LogP contribution in [0.5, 0.6) is 0 Å². The van der Waals surface area contributed by atoms with Crippen molar-refractivity contribution in [3.8, 4) is 0 Å². The van der Waals surface area contributed by atoms with E-state index in [4.69, 9.17) is 0 Å². The van der Waals surface area contributed by atoms with E-state index in [0.717, 1.165) is 12.1 Å². The summed E-state index contributed by atoms with van der Waals surface area (Å²) in [4.78, 5) is 3.47. The van der Waals surface area contributed by atoms with E-state index < -0.39 is 8.24 Å². The summed E-state index contributed by atoms with van der Waals surface area (Å²) in [5.41, 5.74) is 1.14. The van der Waals surface area contributed by atoms with Gasteiger partial charge in [-0.15, -0.1) is 0 Å². The van der Waals surface area contributed by atoms with Gasteiger partial charge in [0.05, 0.1) is 0 Å². The van der Waals surface area contributed by atoms with Crippen molar-refractivity contribution in [1.82, 2.24) is 4.98 Å². The molecule has 1 aromatic carbocycles. The summed E-state index contributed by atoms with van der Waals surface area (Å²) in [6, 6.07) is 6.65. The molecule has 0 unspecified atom stereocenters. The first-order valence-corrected chi connectivity index (χ1v) is 7.97. The fourth-order valence-corrected chi connectivity index (χ4v) is 1.70. The maximum atomic E-state index is 12.5. The third kappa shape index (κ3) is 4.19. The zero-order valence-electron chi connectivity index (χ0n) is 8.39. The van der Waals surface area contributed by atoms with E-state index in [-0.39, 0.29) is 5.82 Å². The zero-order chi connectivity index (χ0) is 9.90. The van der Waals surface area contributed by atoms with E-state index in [1.165, 1.54) is 12.1 Å². The molecule has 3 heteroatoms. The molecular weight excluding hydrogens is 181 g/mol. The van der Waals surface area contributed by atoms with Gasteiger partial charge in [-0.2, -0.15) is 0 Å². The van der Waals surface area contributed by atoms with E-state index in [0.29, 0.717) is 0 Å². The van der Waals surface area contributed by atoms with Crippen LogP contribution in [-0.4, -0.2) is 8.24 Å². The summed E-state index contributed by atoms with van der Waals surface area (Å²) in [5, 5.41) is 0. The topological polar surface area (TPSA) is 12.0 Å². The lowest BCUT2D eigenvalue weighted by Gasteiger charge is -2.17. The molecule has 0 bridgehead atoms. The maximum Gasteiger partial charge on any atom is 0.123 e. The van der Waals surface area contributed by atoms with Gasteiger partial charge in [-0.1, -0.05) is 31.8 Å². The first-order chi connectivity index (χ1) is 5.97. The second-order valence-electron chi connectivity index (χ2n) is 4.23. The van der Waals surface area contributed by atoms with Crippen LogP contribution in [0.15, 0.2) is 24.3 Å². The highest BCUT2D eigenvalue weighted by Crippen LogP contribution is 2.04. The number of hydrogen-bond donors (Lipinski definition) is 1. The van der Waals surface area contributed by atoms with E-state index in [9.17, 15) is 4.39 Å². The number of halogens is 1. The van der Waals surface area contributed by atoms with Gasteiger partial charge in [0, 0.05) is 6.54 Å². The highest BCUT2D eigenvalue weighted by Gasteiger charge is 2.11. The molecule has 0 atom stereocenters. The van der Waals surface area contributed by atoms with Gasteiger partial charge in [-0.25, -0.2) is 4.39 Å². The molecule has 13 heavy (non-hydrogen) atoms. The Kier molecular flexibility index (Phi) is 3.22. The van der Waals surface area contributed by atoms with Gasteiger partial charge < -0.3 is 4.98 Å². The van der Waals surface area contributed by atoms with Gasteiger partial charge in [0.2, 0.25) is 0 Å². The number of nitrogens with one attached hydrogen (secondary N) is 1. The monoisotopic (exact) mass is 197 g/mol. The standard InChI is InChI=1S/C10H16FNSi/c1-13(2,3)12-8-9-4-6-10(11)7-5-9/h4-7,12H,8H2,1-3H3. The Morgan fingerprint density at radius 3 is 2.15 bits per heavy atom. The van der Waals surface area contributed by atoms with Crippen molar-refractivity contribution in [3.05, 3.63) is 35.6 Å². The van der Waals surface area contributed by atoms with Gasteiger partial charge in [0.1, 0.15) is 14.1 Å². The van der Waals surface area contributed by atoms with Gasteiger partial charge in [0.15, 0.2) is 0 Å². The number of benzene rings is 1. The van der Waals surface area contributed by atoms with E-state index in [2.05, 4.69) is 24.6 Å². The minimum Gasteiger partial charge on any atom is -0.334 e. The molecule has 0 aliphatic heterocycles. The molecule has 1 aromatic rings. The van der Waals surface area contributed by atoms with Crippen LogP contribution in [0.25, 0.3) is 0 Å². The van der Waals surface area contributed by atoms with Crippen LogP contribution in [0.4, 0.5) is 4.39 Å². The molecule has 0 spiro atoms. The zero-order valence-corrected chi connectivity index (χ0v) is 9.39. The smallest absolute Gasteiger partial charge is 0.123 e. The normalized spacial score (nSPS) is 11.7. The van der Waals surface area contributed by atoms with Gasteiger partial charge in [0.25, 0.3) is 0 Å². The highest BCUT2D eigenvalue weighted by molar-refractivity contribution is 6.73. The second kappa shape index (κ2) is 4.02. The van der Waals surface area contributed by atoms with Crippen LogP contribution in [0.3, 0.4) is 0 Å². The first kappa shape index (κ1) is 10.4. The van der Waals surface area contributed by atoms with Crippen molar-refractivity contribution in [1.29, 1.82) is 0 Å². The molecule has 0 amide bonds. The van der Waals surface area contributed by atoms with Crippen LogP contribution in [0.1, 0.15) is 5.56 Å². The van der Waals surface area contributed by atoms with Crippen LogP contribution in [0.2, 0.25) is 19.6 Å². The SMILES string of the molecule is C[Si](C)(C)NCc1ccc(F)cc1. The summed E-state index contributed by atoms with van der Waals surface area (Å²) in [5.74, 6) is -0.170. The Morgan fingerprint density at radius 2 is 1.69 bits per heavy atom. The Balaban J connectivity index is 2.51. The van der Waals surface area contributed by atoms with Gasteiger partial charge in [-0.3, -0.25) is 0 Å². The molecule has 72 valence electrons. The van der Waals surface area contributed by atoms with Crippen LogP contribution in [-0.2, 0) is 6.54 Å². The molecule has 1 rings (SSSR count). The molecule has 0 aliphatic carbocycles. The summed E-state index contributed by atoms with van der Waals surface area (Å²) < 4.78 is 12.5. The van der Waals surface area contributed by atoms with E-state index in [1.807, 2.05) is 12.1 Å². The van der Waals surface area contributed by atoms with Crippen molar-refractivity contribution >= 4 is 8.24 Å². The average molecular weight is 197 g/mol. The molecular formula is C10H16FNSi. The van der Waals surface area contributed by atoms with Crippen LogP contribution in [0, 0.1) is 5.82 Å². The van der Waals surface area contributed by atoms with Crippen molar-refractivity contribution < 1.29 is 4.39 Å². The largest absolute Gasteiger partial charge is 0.334 e. The number of rotatable bonds is 3. The lowest BCUT2D eigenvalue weighted by molar-refractivity contribution is 0.627. The quantitative estimate of drug-likeness (QED) is 0.735. The maximum absolute atomic E-state index is 12.5. The molecule has 1 nitrogen and oxygen atoms in total. The Morgan fingerprint density at radius 1 is 1.15 bits per heavy atom. The average Bonchev–Trinajstić information content (AvgIpc) is 2.02. The second-order valence-corrected chi connectivity index (χ2v) is 9.08. The molecule has 0 saturated heterocycles. The third-order valence-corrected chi connectivity index (χ3v) is 2.97. The first-order valence-electron chi connectivity index (χ1n) is 4.47. The van der Waals surface area contributed by atoms with Gasteiger partial charge >= 0.3 is 0 Å². The molecule has 1 N–H and O–H groups in total. The van der Waals surface area contributed by atoms with Crippen molar-refractivity contribution in [3.63, 3.8) is 0 Å². The van der Waals surface area contributed by atoms with Crippen LogP contribution < -0.4 is 4.98 Å². The predicted octanol–water partition coefficient (Wildman–Crippen LogP) is 2.75. The molecule has 0 radical (unpaired) electrons. The molecule has 0 saturated carbocycles. The number of hydrogen-bond acceptors (Lipinski definition) is 1. The summed E-state index contributed by atoms with van der Waals surface area (Å²) in [6.45, 7) is 7.58. The fourth-order valence-electron chi connectivity index (χ4n) is 0.969. The Hall–Kier alpha value is -0.673. The van der Waals surface area contributed by atoms with Crippen molar-refractivity contribution in [2.45, 2.75) is 26.2 Å². The predicted molar refractivity (Wildman–Crippen MR) is 56.6 cm³/mol. The lowest BCUT2D eigenvalue weighted by Crippen LogP contribution is -2.40. The lowest BCUT2D eigenvalue weighted by atomic mass is 10.2. The molecule has 0 aromatic heterocycles. The fraction of sp³-hybridized carbons (Fsp3) is 0.400. The minimum atomic E-state index is -1.20. The highest BCUT2D eigenvalue weighted by atomic mass is 28.3. The molecule has 0 aliphatic rings. The van der Waals surface area contributed by atoms with E-state index in [1.54, 1.807) is 0 Å². The Labute approximate surface area is 80.1 Å².